The van der Waals surface area contributed by atoms with Crippen molar-refractivity contribution in [3.63, 3.8) is 0 Å². The number of aliphatic carboxylic acids is 1. The lowest BCUT2D eigenvalue weighted by molar-refractivity contribution is -0.154. The van der Waals surface area contributed by atoms with E-state index in [-0.39, 0.29) is 11.7 Å². The molecule has 0 spiro atoms. The van der Waals surface area contributed by atoms with Gasteiger partial charge in [-0.3, -0.25) is 4.79 Å². The topological polar surface area (TPSA) is 68.5 Å². The van der Waals surface area contributed by atoms with Crippen LogP contribution in [0.15, 0.2) is 35.1 Å². The Morgan fingerprint density at radius 3 is 2.26 bits per heavy atom. The van der Waals surface area contributed by atoms with E-state index in [1.54, 1.807) is 27.8 Å². The van der Waals surface area contributed by atoms with Crippen LogP contribution < -0.4 is 5.56 Å². The average Bonchev–Trinajstić information content (AvgIpc) is 2.61. The van der Waals surface area contributed by atoms with Crippen molar-refractivity contribution in [2.45, 2.75) is 46.8 Å². The summed E-state index contributed by atoms with van der Waals surface area (Å²) in [5.41, 5.74) is 4.07. The van der Waals surface area contributed by atoms with E-state index in [2.05, 4.69) is 0 Å². The van der Waals surface area contributed by atoms with Crippen LogP contribution in [0.3, 0.4) is 0 Å². The zero-order valence-corrected chi connectivity index (χ0v) is 16.7. The fourth-order valence-electron chi connectivity index (χ4n) is 3.19. The Kier molecular flexibility index (Phi) is 6.39. The molecular weight excluding hydrogens is 342 g/mol. The van der Waals surface area contributed by atoms with E-state index < -0.39 is 12.1 Å². The van der Waals surface area contributed by atoms with E-state index in [0.717, 1.165) is 16.7 Å². The Morgan fingerprint density at radius 2 is 1.78 bits per heavy atom. The number of aromatic nitrogens is 1. The summed E-state index contributed by atoms with van der Waals surface area (Å²) in [6.45, 7) is 9.18. The molecule has 1 aromatic heterocycles. The maximum absolute atomic E-state index is 12.8. The maximum Gasteiger partial charge on any atom is 0.339 e. The number of hydrogen-bond donors (Lipinski definition) is 1. The van der Waals surface area contributed by atoms with Gasteiger partial charge in [0, 0.05) is 18.2 Å². The van der Waals surface area contributed by atoms with Crippen molar-refractivity contribution in [2.24, 2.45) is 7.05 Å². The highest BCUT2D eigenvalue weighted by atomic mass is 16.5. The van der Waals surface area contributed by atoms with E-state index in [1.807, 2.05) is 50.3 Å². The van der Waals surface area contributed by atoms with Crippen LogP contribution in [-0.4, -0.2) is 21.7 Å². The van der Waals surface area contributed by atoms with Gasteiger partial charge in [-0.05, 0) is 45.7 Å². The summed E-state index contributed by atoms with van der Waals surface area (Å²) in [7, 11) is 1.60. The monoisotopic (exact) mass is 369 g/mol. The van der Waals surface area contributed by atoms with Crippen molar-refractivity contribution < 1.29 is 14.6 Å². The molecule has 0 aliphatic heterocycles. The molecule has 0 saturated carbocycles. The minimum atomic E-state index is -1.25. The maximum atomic E-state index is 12.8. The highest BCUT2D eigenvalue weighted by Gasteiger charge is 2.30. The highest BCUT2D eigenvalue weighted by molar-refractivity contribution is 5.84. The van der Waals surface area contributed by atoms with E-state index in [4.69, 9.17) is 4.74 Å². The largest absolute Gasteiger partial charge is 0.479 e. The number of carboxylic acids is 1. The van der Waals surface area contributed by atoms with Gasteiger partial charge in [-0.2, -0.15) is 0 Å². The van der Waals surface area contributed by atoms with Crippen LogP contribution in [0.1, 0.15) is 49.3 Å². The van der Waals surface area contributed by atoms with Crippen molar-refractivity contribution in [1.29, 1.82) is 0 Å². The first-order chi connectivity index (χ1) is 12.7. The molecule has 1 N–H and O–H groups in total. The second-order valence-electron chi connectivity index (χ2n) is 6.93. The molecule has 0 saturated heterocycles. The quantitative estimate of drug-likeness (QED) is 0.826. The van der Waals surface area contributed by atoms with Gasteiger partial charge in [0.2, 0.25) is 0 Å². The van der Waals surface area contributed by atoms with Gasteiger partial charge in [0.05, 0.1) is 11.8 Å². The number of benzene rings is 1. The molecule has 1 atom stereocenters. The minimum absolute atomic E-state index is 0.229. The molecule has 2 aromatic rings. The summed E-state index contributed by atoms with van der Waals surface area (Å²) in [6.07, 6.45) is 2.15. The SMILES string of the molecule is C/C=C\c1c(-c2ccc(C)cc2)c(C(OC(C)C)C(=O)O)n(C)c(=O)c1C. The van der Waals surface area contributed by atoms with Gasteiger partial charge < -0.3 is 14.4 Å². The first kappa shape index (κ1) is 20.6. The number of pyridine rings is 1. The lowest BCUT2D eigenvalue weighted by Gasteiger charge is -2.25. The number of carbonyl (C=O) groups is 1. The van der Waals surface area contributed by atoms with Crippen LogP contribution in [0, 0.1) is 13.8 Å². The fraction of sp³-hybridized carbons (Fsp3) is 0.364. The molecule has 1 unspecified atom stereocenters. The summed E-state index contributed by atoms with van der Waals surface area (Å²) in [5.74, 6) is -1.12. The second-order valence-corrected chi connectivity index (χ2v) is 6.93. The Bertz CT molecular complexity index is 921. The van der Waals surface area contributed by atoms with Gasteiger partial charge >= 0.3 is 5.97 Å². The van der Waals surface area contributed by atoms with Crippen LogP contribution in [-0.2, 0) is 16.6 Å². The standard InChI is InChI=1S/C22H27NO4/c1-7-8-17-15(5)21(24)23(6)19(20(22(25)26)27-13(2)3)18(17)16-11-9-14(4)10-12-16/h7-13,20H,1-6H3,(H,25,26)/b8-7-. The molecule has 0 aliphatic rings. The number of allylic oxidation sites excluding steroid dienone is 1. The second kappa shape index (κ2) is 8.35. The molecule has 0 aliphatic carbocycles. The van der Waals surface area contributed by atoms with E-state index in [1.165, 1.54) is 4.57 Å². The van der Waals surface area contributed by atoms with Gasteiger partial charge in [0.15, 0.2) is 6.10 Å². The highest BCUT2D eigenvalue weighted by Crippen LogP contribution is 2.35. The Hall–Kier alpha value is -2.66. The Balaban J connectivity index is 2.98. The summed E-state index contributed by atoms with van der Waals surface area (Å²) in [4.78, 5) is 24.8. The fourth-order valence-corrected chi connectivity index (χ4v) is 3.19. The first-order valence-electron chi connectivity index (χ1n) is 9.00. The molecule has 1 aromatic carbocycles. The summed E-state index contributed by atoms with van der Waals surface area (Å²) < 4.78 is 7.11. The van der Waals surface area contributed by atoms with Crippen LogP contribution >= 0.6 is 0 Å². The lowest BCUT2D eigenvalue weighted by atomic mass is 9.91. The molecule has 2 rings (SSSR count). The van der Waals surface area contributed by atoms with Crippen molar-refractivity contribution in [3.8, 4) is 11.1 Å². The smallest absolute Gasteiger partial charge is 0.339 e. The molecule has 0 fully saturated rings. The zero-order valence-electron chi connectivity index (χ0n) is 16.7. The molecule has 144 valence electrons. The van der Waals surface area contributed by atoms with Crippen LogP contribution in [0.4, 0.5) is 0 Å². The van der Waals surface area contributed by atoms with Crippen molar-refractivity contribution in [2.75, 3.05) is 0 Å². The third-order valence-corrected chi connectivity index (χ3v) is 4.47. The van der Waals surface area contributed by atoms with E-state index >= 15 is 0 Å². The molecule has 0 radical (unpaired) electrons. The molecule has 0 bridgehead atoms. The molecule has 5 heteroatoms. The van der Waals surface area contributed by atoms with Gasteiger partial charge in [-0.1, -0.05) is 42.0 Å². The summed E-state index contributed by atoms with van der Waals surface area (Å²) in [6, 6.07) is 7.83. The molecule has 5 nitrogen and oxygen atoms in total. The third-order valence-electron chi connectivity index (χ3n) is 4.47. The predicted molar refractivity (Wildman–Crippen MR) is 108 cm³/mol. The average molecular weight is 369 g/mol. The Morgan fingerprint density at radius 1 is 1.19 bits per heavy atom. The van der Waals surface area contributed by atoms with Crippen molar-refractivity contribution >= 4 is 12.0 Å². The number of rotatable bonds is 6. The number of aryl methyl sites for hydroxylation is 1. The van der Waals surface area contributed by atoms with E-state index in [9.17, 15) is 14.7 Å². The van der Waals surface area contributed by atoms with Gasteiger partial charge in [-0.15, -0.1) is 0 Å². The first-order valence-corrected chi connectivity index (χ1v) is 9.00. The minimum Gasteiger partial charge on any atom is -0.479 e. The van der Waals surface area contributed by atoms with Gasteiger partial charge in [0.1, 0.15) is 0 Å². The molecule has 1 heterocycles. The van der Waals surface area contributed by atoms with Crippen LogP contribution in [0.5, 0.6) is 0 Å². The Labute approximate surface area is 159 Å². The molecule has 0 amide bonds. The lowest BCUT2D eigenvalue weighted by Crippen LogP contribution is -2.31. The normalized spacial score (nSPS) is 12.7. The predicted octanol–water partition coefficient (Wildman–Crippen LogP) is 4.25. The summed E-state index contributed by atoms with van der Waals surface area (Å²) >= 11 is 0. The zero-order chi connectivity index (χ0) is 20.3. The van der Waals surface area contributed by atoms with Gasteiger partial charge in [-0.25, -0.2) is 4.79 Å². The number of nitrogens with zero attached hydrogens (tertiary/aromatic N) is 1. The van der Waals surface area contributed by atoms with Crippen molar-refractivity contribution in [3.05, 3.63) is 63.1 Å². The van der Waals surface area contributed by atoms with Crippen LogP contribution in [0.25, 0.3) is 17.2 Å². The number of carboxylic acid groups (broad SMARTS) is 1. The number of ether oxygens (including phenoxy) is 1. The molecular formula is C22H27NO4. The van der Waals surface area contributed by atoms with Crippen molar-refractivity contribution in [1.82, 2.24) is 4.57 Å². The summed E-state index contributed by atoms with van der Waals surface area (Å²) in [5, 5.41) is 9.84. The van der Waals surface area contributed by atoms with Gasteiger partial charge in [0.25, 0.3) is 5.56 Å². The third kappa shape index (κ3) is 4.19. The van der Waals surface area contributed by atoms with Crippen LogP contribution in [0.2, 0.25) is 0 Å². The number of hydrogen-bond acceptors (Lipinski definition) is 3. The van der Waals surface area contributed by atoms with E-state index in [0.29, 0.717) is 16.8 Å². The molecule has 27 heavy (non-hydrogen) atoms.